The zero-order valence-corrected chi connectivity index (χ0v) is 85.7. The van der Waals surface area contributed by atoms with Crippen molar-refractivity contribution in [1.29, 1.82) is 0 Å². The third-order valence-electron chi connectivity index (χ3n) is 24.4. The number of unbranched alkanes of at least 4 members (excludes halogenated alkanes) is 54. The molecular formula is C93H204I3N3O3Si3. The lowest BCUT2D eigenvalue weighted by Gasteiger charge is -2.36. The van der Waals surface area contributed by atoms with Crippen LogP contribution in [0.1, 0.15) is 446 Å². The average molecular weight is 1880 g/mol. The van der Waals surface area contributed by atoms with Gasteiger partial charge < -0.3 is 98.7 Å². The lowest BCUT2D eigenvalue weighted by molar-refractivity contribution is -0.910. The summed E-state index contributed by atoms with van der Waals surface area (Å²) in [6, 6.07) is 3.94. The zero-order valence-electron chi connectivity index (χ0n) is 76.2. The van der Waals surface area contributed by atoms with E-state index in [1.54, 1.807) is 0 Å². The Morgan fingerprint density at radius 2 is 0.257 bits per heavy atom. The topological polar surface area (TPSA) is 27.7 Å². The minimum absolute atomic E-state index is 0. The van der Waals surface area contributed by atoms with E-state index in [-0.39, 0.29) is 71.9 Å². The Morgan fingerprint density at radius 3 is 0.362 bits per heavy atom. The Labute approximate surface area is 722 Å². The third kappa shape index (κ3) is 90.4. The molecule has 12 heteroatoms. The fourth-order valence-corrected chi connectivity index (χ4v) is 19.5. The average Bonchev–Trinajstić information content (AvgIpc) is 0.903. The summed E-state index contributed by atoms with van der Waals surface area (Å²) < 4.78 is 21.4. The molecule has 0 aliphatic carbocycles. The predicted molar refractivity (Wildman–Crippen MR) is 475 cm³/mol. The molecule has 0 bridgehead atoms. The normalized spacial score (nSPS) is 12.2. The first-order valence-corrected chi connectivity index (χ1v) is 56.7. The van der Waals surface area contributed by atoms with Crippen molar-refractivity contribution in [2.75, 3.05) is 101 Å². The van der Waals surface area contributed by atoms with Gasteiger partial charge in [0.1, 0.15) is 0 Å². The van der Waals surface area contributed by atoms with E-state index in [4.69, 9.17) is 13.3 Å². The molecule has 105 heavy (non-hydrogen) atoms. The summed E-state index contributed by atoms with van der Waals surface area (Å²) in [6.07, 6.45) is 90.5. The van der Waals surface area contributed by atoms with E-state index in [2.05, 4.69) is 102 Å². The Morgan fingerprint density at radius 1 is 0.162 bits per heavy atom. The number of nitrogens with zero attached hydrogens (tertiary/aromatic N) is 3. The van der Waals surface area contributed by atoms with Gasteiger partial charge in [0.15, 0.2) is 25.0 Å². The van der Waals surface area contributed by atoms with Crippen molar-refractivity contribution in [3.8, 4) is 0 Å². The minimum Gasteiger partial charge on any atom is -1.00 e. The summed E-state index contributed by atoms with van der Waals surface area (Å²) in [5.41, 5.74) is 0. The first-order valence-electron chi connectivity index (χ1n) is 47.3. The van der Waals surface area contributed by atoms with Crippen molar-refractivity contribution < 1.29 is 98.7 Å². The van der Waals surface area contributed by atoms with E-state index >= 15 is 0 Å². The van der Waals surface area contributed by atoms with Gasteiger partial charge in [-0.25, -0.2) is 0 Å². The summed E-state index contributed by atoms with van der Waals surface area (Å²) in [7, 11) is 9.19. The second-order valence-corrected chi connectivity index (χ2v) is 49.9. The standard InChI is InChI=1S/3C31H68NOSi.3HI/c3*1-7-9-11-13-15-17-19-21-23-25-28-32(3,30-27-31-34(5,6)33-4)29-26-24-22-20-18-16-14-12-10-8-2;;;/h3*7-31H2,1-6H3;3*1H/q3*+1;;;/p-3. The second kappa shape index (κ2) is 87.4. The molecule has 0 aliphatic heterocycles. The molecule has 0 radical (unpaired) electrons. The van der Waals surface area contributed by atoms with Gasteiger partial charge in [-0.2, -0.15) is 0 Å². The Balaban J connectivity index is -0.000000345. The molecule has 642 valence electrons. The molecule has 0 rings (SSSR count). The molecule has 0 spiro atoms. The fourth-order valence-electron chi connectivity index (χ4n) is 15.9. The van der Waals surface area contributed by atoms with Crippen LogP contribution in [-0.4, -0.2) is 140 Å². The van der Waals surface area contributed by atoms with Gasteiger partial charge in [0.2, 0.25) is 0 Å². The molecule has 0 saturated heterocycles. The highest BCUT2D eigenvalue weighted by Gasteiger charge is 2.28. The van der Waals surface area contributed by atoms with Crippen LogP contribution < -0.4 is 71.9 Å². The SMILES string of the molecule is CCCCCCCCCCCC[N+](C)(CCCCCCCCCCCC)CCC[Si](C)(C)OC.CCCCCCCCCCCC[N+](C)(CCCCCCCCCCCC)CCC[Si](C)(C)OC.CCCCCCCCCCCC[N+](C)(CCCCCCCCCCCC)CCC[Si](C)(C)OC.[I-].[I-].[I-]. The third-order valence-corrected chi connectivity index (χ3v) is 32.4. The van der Waals surface area contributed by atoms with Gasteiger partial charge >= 0.3 is 0 Å². The molecule has 6 nitrogen and oxygen atoms in total. The lowest BCUT2D eigenvalue weighted by Crippen LogP contribution is -3.00. The van der Waals surface area contributed by atoms with Crippen LogP contribution in [0.25, 0.3) is 0 Å². The molecule has 0 aromatic rings. The fraction of sp³-hybridized carbons (Fsp3) is 1.00. The van der Waals surface area contributed by atoms with Crippen molar-refractivity contribution in [2.45, 2.75) is 503 Å². The summed E-state index contributed by atoms with van der Waals surface area (Å²) in [6.45, 7) is 40.5. The van der Waals surface area contributed by atoms with Gasteiger partial charge in [0.25, 0.3) is 0 Å². The molecule has 0 N–H and O–H groups in total. The molecular weight excluding hydrogens is 1670 g/mol. The molecule has 0 heterocycles. The van der Waals surface area contributed by atoms with Crippen LogP contribution in [0.15, 0.2) is 0 Å². The molecule has 0 aromatic heterocycles. The largest absolute Gasteiger partial charge is 1.00 e. The highest BCUT2D eigenvalue weighted by Crippen LogP contribution is 2.24. The van der Waals surface area contributed by atoms with Crippen LogP contribution in [0.3, 0.4) is 0 Å². The maximum atomic E-state index is 5.82. The summed E-state index contributed by atoms with van der Waals surface area (Å²) >= 11 is 0. The van der Waals surface area contributed by atoms with E-state index in [0.29, 0.717) is 0 Å². The Kier molecular flexibility index (Phi) is 98.6. The molecule has 0 saturated carbocycles. The van der Waals surface area contributed by atoms with Crippen molar-refractivity contribution in [2.24, 2.45) is 0 Å². The van der Waals surface area contributed by atoms with Gasteiger partial charge in [-0.05, 0) is 154 Å². The van der Waals surface area contributed by atoms with E-state index in [9.17, 15) is 0 Å². The Hall–Kier alpha value is 2.60. The number of quaternary nitrogens is 3. The quantitative estimate of drug-likeness (QED) is 0.0263. The van der Waals surface area contributed by atoms with Crippen molar-refractivity contribution >= 4 is 25.0 Å². The maximum absolute atomic E-state index is 5.82. The smallest absolute Gasteiger partial charge is 0.186 e. The van der Waals surface area contributed by atoms with E-state index < -0.39 is 25.0 Å². The molecule has 0 fully saturated rings. The van der Waals surface area contributed by atoms with Crippen LogP contribution in [0.4, 0.5) is 0 Å². The summed E-state index contributed by atoms with van der Waals surface area (Å²) in [4.78, 5) is 0. The van der Waals surface area contributed by atoms with E-state index in [1.807, 2.05) is 21.3 Å². The van der Waals surface area contributed by atoms with Gasteiger partial charge in [-0.3, -0.25) is 0 Å². The van der Waals surface area contributed by atoms with Crippen LogP contribution in [-0.2, 0) is 13.3 Å². The highest BCUT2D eigenvalue weighted by atomic mass is 127. The van der Waals surface area contributed by atoms with E-state index in [0.717, 1.165) is 0 Å². The van der Waals surface area contributed by atoms with E-state index in [1.165, 1.54) is 495 Å². The Bertz CT molecular complexity index is 1370. The lowest BCUT2D eigenvalue weighted by atomic mass is 10.1. The highest BCUT2D eigenvalue weighted by molar-refractivity contribution is 6.71. The van der Waals surface area contributed by atoms with Gasteiger partial charge in [0.05, 0.1) is 80.0 Å². The van der Waals surface area contributed by atoms with Crippen LogP contribution in [0, 0.1) is 0 Å². The monoisotopic (exact) mass is 1880 g/mol. The van der Waals surface area contributed by atoms with Gasteiger partial charge in [0, 0.05) is 21.3 Å². The molecule has 0 aliphatic rings. The number of hydrogen-bond acceptors (Lipinski definition) is 3. The van der Waals surface area contributed by atoms with Crippen LogP contribution in [0.2, 0.25) is 57.4 Å². The molecule has 0 amide bonds. The number of rotatable bonds is 81. The second-order valence-electron chi connectivity index (χ2n) is 36.7. The van der Waals surface area contributed by atoms with Crippen molar-refractivity contribution in [3.05, 3.63) is 0 Å². The molecule has 0 atom stereocenters. The number of halogens is 3. The zero-order chi connectivity index (χ0) is 76.2. The van der Waals surface area contributed by atoms with Crippen molar-refractivity contribution in [3.63, 3.8) is 0 Å². The van der Waals surface area contributed by atoms with Gasteiger partial charge in [-0.15, -0.1) is 0 Å². The first kappa shape index (κ1) is 118. The first-order chi connectivity index (χ1) is 49.2. The maximum Gasteiger partial charge on any atom is 0.186 e. The van der Waals surface area contributed by atoms with Crippen LogP contribution in [0.5, 0.6) is 0 Å². The minimum atomic E-state index is -1.42. The predicted octanol–water partition coefficient (Wildman–Crippen LogP) is 22.6. The van der Waals surface area contributed by atoms with Crippen LogP contribution >= 0.6 is 0 Å². The number of hydrogen-bond donors (Lipinski definition) is 0. The van der Waals surface area contributed by atoms with Gasteiger partial charge in [-0.1, -0.05) is 350 Å². The van der Waals surface area contributed by atoms with Crippen molar-refractivity contribution in [1.82, 2.24) is 0 Å². The summed E-state index contributed by atoms with van der Waals surface area (Å²) in [5.74, 6) is 0. The molecule has 0 unspecified atom stereocenters. The summed E-state index contributed by atoms with van der Waals surface area (Å²) in [5, 5.41) is 0. The molecule has 0 aromatic carbocycles.